The number of rotatable bonds is 1. The maximum Gasteiger partial charge on any atom is 0.153 e. The molecule has 0 rings (SSSR count). The third kappa shape index (κ3) is 4.90. The van der Waals surface area contributed by atoms with Crippen molar-refractivity contribution in [3.8, 4) is 6.07 Å². The van der Waals surface area contributed by atoms with Crippen molar-refractivity contribution in [2.24, 2.45) is 0 Å². The fourth-order valence-electron chi connectivity index (χ4n) is 0.155. The van der Waals surface area contributed by atoms with Crippen LogP contribution < -0.4 is 0 Å². The number of allylic oxidation sites excluding steroid dienone is 2. The molecule has 2 heteroatoms. The molecule has 0 saturated carbocycles. The molecule has 0 aliphatic heterocycles. The Morgan fingerprint density at radius 1 is 1.86 bits per heavy atom. The normalized spacial score (nSPS) is 8.57. The second-order valence-corrected chi connectivity index (χ2v) is 1.07. The van der Waals surface area contributed by atoms with Crippen LogP contribution in [-0.2, 0) is 4.79 Å². The Balaban J connectivity index is 3.53. The molecular weight excluding hydrogens is 90.1 g/mol. The van der Waals surface area contributed by atoms with Crippen molar-refractivity contribution in [1.29, 1.82) is 5.26 Å². The van der Waals surface area contributed by atoms with E-state index in [0.29, 0.717) is 0 Å². The summed E-state index contributed by atoms with van der Waals surface area (Å²) in [5, 5.41) is 7.83. The van der Waals surface area contributed by atoms with Gasteiger partial charge in [0.15, 0.2) is 5.78 Å². The smallest absolute Gasteiger partial charge is 0.153 e. The maximum atomic E-state index is 9.96. The highest BCUT2D eigenvalue weighted by atomic mass is 16.1. The zero-order chi connectivity index (χ0) is 5.70. The Bertz CT molecular complexity index is 130. The average molecular weight is 95.1 g/mol. The fraction of sp³-hybridized carbons (Fsp3) is 0.200. The van der Waals surface area contributed by atoms with Gasteiger partial charge in [0, 0.05) is 6.08 Å². The van der Waals surface area contributed by atoms with E-state index >= 15 is 0 Å². The first kappa shape index (κ1) is 5.90. The number of carbonyl (C=O) groups excluding carboxylic acids is 1. The van der Waals surface area contributed by atoms with E-state index in [-0.39, 0.29) is 5.78 Å². The third-order valence-electron chi connectivity index (χ3n) is 0.393. The van der Waals surface area contributed by atoms with Crippen LogP contribution in [0.3, 0.4) is 0 Å². The van der Waals surface area contributed by atoms with Crippen LogP contribution in [0.15, 0.2) is 12.2 Å². The molecule has 0 atom stereocenters. The highest BCUT2D eigenvalue weighted by molar-refractivity contribution is 5.87. The molecule has 0 aromatic heterocycles. The summed E-state index contributed by atoms with van der Waals surface area (Å²) < 4.78 is 0. The SMILES string of the molecule is CC(=O)/C=C\C#N. The van der Waals surface area contributed by atoms with Crippen LogP contribution in [0.25, 0.3) is 0 Å². The van der Waals surface area contributed by atoms with Gasteiger partial charge in [-0.2, -0.15) is 5.26 Å². The molecule has 2 nitrogen and oxygen atoms in total. The van der Waals surface area contributed by atoms with Crippen LogP contribution in [0.4, 0.5) is 0 Å². The zero-order valence-corrected chi connectivity index (χ0v) is 4.01. The zero-order valence-electron chi connectivity index (χ0n) is 4.01. The lowest BCUT2D eigenvalue weighted by molar-refractivity contribution is -0.112. The monoisotopic (exact) mass is 95.0 g/mol. The predicted octanol–water partition coefficient (Wildman–Crippen LogP) is 0.655. The molecule has 0 N–H and O–H groups in total. The van der Waals surface area contributed by atoms with Crippen LogP contribution >= 0.6 is 0 Å². The molecule has 0 heterocycles. The van der Waals surface area contributed by atoms with Gasteiger partial charge < -0.3 is 0 Å². The first-order valence-corrected chi connectivity index (χ1v) is 1.84. The summed E-state index contributed by atoms with van der Waals surface area (Å²) in [4.78, 5) is 9.96. The maximum absolute atomic E-state index is 9.96. The van der Waals surface area contributed by atoms with E-state index in [9.17, 15) is 4.79 Å². The van der Waals surface area contributed by atoms with E-state index in [4.69, 9.17) is 5.26 Å². The van der Waals surface area contributed by atoms with Crippen molar-refractivity contribution in [2.45, 2.75) is 6.92 Å². The first-order chi connectivity index (χ1) is 3.27. The number of hydrogen-bond acceptors (Lipinski definition) is 2. The summed E-state index contributed by atoms with van der Waals surface area (Å²) in [5.41, 5.74) is 0. The lowest BCUT2D eigenvalue weighted by atomic mass is 10.4. The molecule has 0 spiro atoms. The summed E-state index contributed by atoms with van der Waals surface area (Å²) in [6.07, 6.45) is 2.38. The lowest BCUT2D eigenvalue weighted by Crippen LogP contribution is -1.76. The quantitative estimate of drug-likeness (QED) is 0.354. The molecule has 36 valence electrons. The van der Waals surface area contributed by atoms with Gasteiger partial charge in [-0.1, -0.05) is 0 Å². The van der Waals surface area contributed by atoms with Gasteiger partial charge in [0.2, 0.25) is 0 Å². The molecule has 7 heavy (non-hydrogen) atoms. The minimum atomic E-state index is -0.0958. The van der Waals surface area contributed by atoms with Crippen molar-refractivity contribution in [1.82, 2.24) is 0 Å². The average Bonchev–Trinajstić information content (AvgIpc) is 1.61. The van der Waals surface area contributed by atoms with Gasteiger partial charge in [0.1, 0.15) is 0 Å². The Morgan fingerprint density at radius 2 is 2.43 bits per heavy atom. The van der Waals surface area contributed by atoms with Gasteiger partial charge in [0.05, 0.1) is 6.07 Å². The summed E-state index contributed by atoms with van der Waals surface area (Å²) in [5.74, 6) is -0.0958. The van der Waals surface area contributed by atoms with Crippen LogP contribution in [0.2, 0.25) is 0 Å². The molecule has 0 aliphatic rings. The fourth-order valence-corrected chi connectivity index (χ4v) is 0.155. The van der Waals surface area contributed by atoms with E-state index in [1.165, 1.54) is 13.0 Å². The summed E-state index contributed by atoms with van der Waals surface area (Å²) in [6, 6.07) is 1.70. The van der Waals surface area contributed by atoms with E-state index < -0.39 is 0 Å². The molecule has 0 bridgehead atoms. The molecule has 0 amide bonds. The molecule has 0 saturated heterocycles. The van der Waals surface area contributed by atoms with Crippen LogP contribution in [0, 0.1) is 11.3 Å². The minimum Gasteiger partial charge on any atom is -0.295 e. The van der Waals surface area contributed by atoms with E-state index in [1.54, 1.807) is 6.07 Å². The molecule has 0 radical (unpaired) electrons. The first-order valence-electron chi connectivity index (χ1n) is 1.84. The molecule has 0 aliphatic carbocycles. The topological polar surface area (TPSA) is 40.9 Å². The Morgan fingerprint density at radius 3 is 2.57 bits per heavy atom. The Kier molecular flexibility index (Phi) is 2.62. The minimum absolute atomic E-state index is 0.0958. The van der Waals surface area contributed by atoms with Crippen molar-refractivity contribution < 1.29 is 4.79 Å². The highest BCUT2D eigenvalue weighted by Crippen LogP contribution is 1.69. The van der Waals surface area contributed by atoms with Gasteiger partial charge in [-0.15, -0.1) is 0 Å². The number of ketones is 1. The largest absolute Gasteiger partial charge is 0.295 e. The molecule has 0 fully saturated rings. The van der Waals surface area contributed by atoms with Crippen molar-refractivity contribution in [3.63, 3.8) is 0 Å². The van der Waals surface area contributed by atoms with E-state index in [2.05, 4.69) is 0 Å². The second-order valence-electron chi connectivity index (χ2n) is 1.07. The number of carbonyl (C=O) groups is 1. The second kappa shape index (κ2) is 3.10. The Hall–Kier alpha value is -1.10. The molecule has 0 unspecified atom stereocenters. The van der Waals surface area contributed by atoms with Gasteiger partial charge in [0.25, 0.3) is 0 Å². The predicted molar refractivity (Wildman–Crippen MR) is 25.4 cm³/mol. The van der Waals surface area contributed by atoms with Crippen molar-refractivity contribution in [2.75, 3.05) is 0 Å². The lowest BCUT2D eigenvalue weighted by Gasteiger charge is -1.66. The molecular formula is C5H5NO. The summed E-state index contributed by atoms with van der Waals surface area (Å²) in [7, 11) is 0. The number of nitrogens with zero attached hydrogens (tertiary/aromatic N) is 1. The highest BCUT2D eigenvalue weighted by Gasteiger charge is 1.75. The number of nitriles is 1. The van der Waals surface area contributed by atoms with Gasteiger partial charge in [-0.3, -0.25) is 4.79 Å². The van der Waals surface area contributed by atoms with Crippen LogP contribution in [-0.4, -0.2) is 5.78 Å². The van der Waals surface area contributed by atoms with Gasteiger partial charge >= 0.3 is 0 Å². The number of hydrogen-bond donors (Lipinski definition) is 0. The summed E-state index contributed by atoms with van der Waals surface area (Å²) in [6.45, 7) is 1.40. The third-order valence-corrected chi connectivity index (χ3v) is 0.393. The van der Waals surface area contributed by atoms with Crippen LogP contribution in [0.1, 0.15) is 6.92 Å². The molecule has 0 aromatic rings. The van der Waals surface area contributed by atoms with Crippen molar-refractivity contribution >= 4 is 5.78 Å². The van der Waals surface area contributed by atoms with E-state index in [0.717, 1.165) is 6.08 Å². The van der Waals surface area contributed by atoms with Gasteiger partial charge in [-0.25, -0.2) is 0 Å². The standard InChI is InChI=1S/C5H5NO/c1-5(7)3-2-4-6/h2-3H,1H3/b3-2-. The summed E-state index contributed by atoms with van der Waals surface area (Å²) >= 11 is 0. The van der Waals surface area contributed by atoms with E-state index in [1.807, 2.05) is 0 Å². The Labute approximate surface area is 42.1 Å². The molecule has 0 aromatic carbocycles. The van der Waals surface area contributed by atoms with Crippen LogP contribution in [0.5, 0.6) is 0 Å². The van der Waals surface area contributed by atoms with Crippen molar-refractivity contribution in [3.05, 3.63) is 12.2 Å². The van der Waals surface area contributed by atoms with Gasteiger partial charge in [-0.05, 0) is 13.0 Å².